The molecule has 2 amide bonds. The van der Waals surface area contributed by atoms with Crippen molar-refractivity contribution in [3.8, 4) is 0 Å². The largest absolute Gasteiger partial charge is 0.460 e. The van der Waals surface area contributed by atoms with Crippen molar-refractivity contribution in [3.05, 3.63) is 59.2 Å². The molecule has 2 rings (SSSR count). The van der Waals surface area contributed by atoms with Gasteiger partial charge in [-0.2, -0.15) is 0 Å². The van der Waals surface area contributed by atoms with Gasteiger partial charge in [0.25, 0.3) is 11.8 Å². The van der Waals surface area contributed by atoms with Crippen LogP contribution in [0.2, 0.25) is 0 Å². The first kappa shape index (κ1) is 19.1. The number of carbonyl (C=O) groups excluding carboxylic acids is 4. The number of esters is 2. The summed E-state index contributed by atoms with van der Waals surface area (Å²) < 4.78 is 9.94. The predicted molar refractivity (Wildman–Crippen MR) is 92.7 cm³/mol. The van der Waals surface area contributed by atoms with Crippen LogP contribution < -0.4 is 0 Å². The highest BCUT2D eigenvalue weighted by atomic mass is 16.5. The summed E-state index contributed by atoms with van der Waals surface area (Å²) in [6, 6.07) is 4.05. The van der Waals surface area contributed by atoms with Crippen molar-refractivity contribution >= 4 is 23.8 Å². The van der Waals surface area contributed by atoms with E-state index in [4.69, 9.17) is 9.47 Å². The topological polar surface area (TPSA) is 90.0 Å². The molecule has 1 aliphatic heterocycles. The van der Waals surface area contributed by atoms with E-state index < -0.39 is 30.3 Å². The van der Waals surface area contributed by atoms with Crippen molar-refractivity contribution in [1.82, 2.24) is 4.90 Å². The SMILES string of the molecule is C=C(C)COC(=O)CN1C(=O)c2ccc(C(=O)OCC(=C)C)cc2C1=O. The lowest BCUT2D eigenvalue weighted by atomic mass is 10.1. The van der Waals surface area contributed by atoms with Crippen molar-refractivity contribution in [2.75, 3.05) is 19.8 Å². The zero-order valence-corrected chi connectivity index (χ0v) is 14.7. The fraction of sp³-hybridized carbons (Fsp3) is 0.263. The Hall–Kier alpha value is -3.22. The summed E-state index contributed by atoms with van der Waals surface area (Å²) in [5.74, 6) is -2.62. The summed E-state index contributed by atoms with van der Waals surface area (Å²) in [6.45, 7) is 10.2. The number of rotatable bonds is 7. The van der Waals surface area contributed by atoms with Crippen LogP contribution >= 0.6 is 0 Å². The Morgan fingerprint density at radius 1 is 0.962 bits per heavy atom. The van der Waals surface area contributed by atoms with E-state index in [-0.39, 0.29) is 29.9 Å². The number of hydrogen-bond donors (Lipinski definition) is 0. The third-order valence-electron chi connectivity index (χ3n) is 3.42. The fourth-order valence-corrected chi connectivity index (χ4v) is 2.21. The van der Waals surface area contributed by atoms with E-state index in [0.717, 1.165) is 4.90 Å². The van der Waals surface area contributed by atoms with Crippen LogP contribution in [0.3, 0.4) is 0 Å². The highest BCUT2D eigenvalue weighted by Gasteiger charge is 2.37. The molecular formula is C19H19NO6. The molecule has 7 heteroatoms. The molecule has 136 valence electrons. The fourth-order valence-electron chi connectivity index (χ4n) is 2.21. The van der Waals surface area contributed by atoms with Gasteiger partial charge < -0.3 is 9.47 Å². The molecule has 0 spiro atoms. The zero-order valence-electron chi connectivity index (χ0n) is 14.7. The van der Waals surface area contributed by atoms with Crippen LogP contribution in [0.1, 0.15) is 44.9 Å². The smallest absolute Gasteiger partial charge is 0.338 e. The first-order valence-electron chi connectivity index (χ1n) is 7.82. The number of amides is 2. The number of ether oxygens (including phenoxy) is 2. The second kappa shape index (κ2) is 7.77. The van der Waals surface area contributed by atoms with Crippen molar-refractivity contribution in [2.24, 2.45) is 0 Å². The Morgan fingerprint density at radius 3 is 2.15 bits per heavy atom. The Bertz CT molecular complexity index is 823. The number of nitrogens with zero attached hydrogens (tertiary/aromatic N) is 1. The third kappa shape index (κ3) is 4.24. The normalized spacial score (nSPS) is 12.6. The molecule has 0 aromatic heterocycles. The van der Waals surface area contributed by atoms with Crippen LogP contribution in [-0.4, -0.2) is 48.4 Å². The summed E-state index contributed by atoms with van der Waals surface area (Å²) in [6.07, 6.45) is 0. The van der Waals surface area contributed by atoms with Gasteiger partial charge in [0.1, 0.15) is 19.8 Å². The lowest BCUT2D eigenvalue weighted by Gasteiger charge is -2.12. The van der Waals surface area contributed by atoms with Gasteiger partial charge in [-0.3, -0.25) is 19.3 Å². The summed E-state index contributed by atoms with van der Waals surface area (Å²) in [4.78, 5) is 49.3. The second-order valence-corrected chi connectivity index (χ2v) is 6.11. The molecule has 0 aliphatic carbocycles. The van der Waals surface area contributed by atoms with Crippen LogP contribution in [0, 0.1) is 0 Å². The minimum Gasteiger partial charge on any atom is -0.460 e. The molecule has 0 bridgehead atoms. The zero-order chi connectivity index (χ0) is 19.4. The molecule has 0 unspecified atom stereocenters. The molecule has 0 atom stereocenters. The van der Waals surface area contributed by atoms with E-state index in [1.165, 1.54) is 18.2 Å². The van der Waals surface area contributed by atoms with E-state index >= 15 is 0 Å². The molecule has 0 fully saturated rings. The lowest BCUT2D eigenvalue weighted by molar-refractivity contribution is -0.142. The first-order valence-corrected chi connectivity index (χ1v) is 7.82. The first-order chi connectivity index (χ1) is 12.2. The average Bonchev–Trinajstić information content (AvgIpc) is 2.82. The maximum Gasteiger partial charge on any atom is 0.338 e. The highest BCUT2D eigenvalue weighted by molar-refractivity contribution is 6.22. The molecule has 0 N–H and O–H groups in total. The quantitative estimate of drug-likeness (QED) is 0.422. The minimum absolute atomic E-state index is 0.0146. The average molecular weight is 357 g/mol. The number of hydrogen-bond acceptors (Lipinski definition) is 6. The number of imide groups is 1. The number of benzene rings is 1. The van der Waals surface area contributed by atoms with Crippen LogP contribution in [0.4, 0.5) is 0 Å². The Morgan fingerprint density at radius 2 is 1.54 bits per heavy atom. The summed E-state index contributed by atoms with van der Waals surface area (Å²) >= 11 is 0. The van der Waals surface area contributed by atoms with E-state index in [1.807, 2.05) is 0 Å². The van der Waals surface area contributed by atoms with Crippen molar-refractivity contribution in [1.29, 1.82) is 0 Å². The number of fused-ring (bicyclic) bond motifs is 1. The standard InChI is InChI=1S/C19H19NO6/c1-11(2)9-25-16(21)8-20-17(22)14-6-5-13(7-15(14)18(20)23)19(24)26-10-12(3)4/h5-7H,1,3,8-10H2,2,4H3. The maximum atomic E-state index is 12.4. The molecular weight excluding hydrogens is 338 g/mol. The van der Waals surface area contributed by atoms with Gasteiger partial charge in [-0.25, -0.2) is 4.79 Å². The van der Waals surface area contributed by atoms with Crippen molar-refractivity contribution in [3.63, 3.8) is 0 Å². The van der Waals surface area contributed by atoms with Crippen LogP contribution in [0.25, 0.3) is 0 Å². The van der Waals surface area contributed by atoms with Crippen molar-refractivity contribution < 1.29 is 28.7 Å². The number of carbonyl (C=O) groups is 4. The predicted octanol–water partition coefficient (Wildman–Crippen LogP) is 2.13. The highest BCUT2D eigenvalue weighted by Crippen LogP contribution is 2.24. The molecule has 1 heterocycles. The molecule has 0 saturated carbocycles. The van der Waals surface area contributed by atoms with E-state index in [0.29, 0.717) is 11.1 Å². The van der Waals surface area contributed by atoms with E-state index in [2.05, 4.69) is 13.2 Å². The Kier molecular flexibility index (Phi) is 5.71. The van der Waals surface area contributed by atoms with Gasteiger partial charge in [-0.1, -0.05) is 13.2 Å². The van der Waals surface area contributed by atoms with E-state index in [1.54, 1.807) is 13.8 Å². The molecule has 26 heavy (non-hydrogen) atoms. The molecule has 0 saturated heterocycles. The van der Waals surface area contributed by atoms with Gasteiger partial charge in [-0.15, -0.1) is 0 Å². The molecule has 0 radical (unpaired) electrons. The summed E-state index contributed by atoms with van der Waals surface area (Å²) in [5.41, 5.74) is 1.62. The van der Waals surface area contributed by atoms with Gasteiger partial charge >= 0.3 is 11.9 Å². The van der Waals surface area contributed by atoms with Gasteiger partial charge in [0.2, 0.25) is 0 Å². The molecule has 7 nitrogen and oxygen atoms in total. The second-order valence-electron chi connectivity index (χ2n) is 6.11. The van der Waals surface area contributed by atoms with Crippen molar-refractivity contribution in [2.45, 2.75) is 13.8 Å². The maximum absolute atomic E-state index is 12.4. The Balaban J connectivity index is 2.14. The lowest BCUT2D eigenvalue weighted by Crippen LogP contribution is -2.35. The third-order valence-corrected chi connectivity index (χ3v) is 3.42. The molecule has 1 aromatic carbocycles. The van der Waals surface area contributed by atoms with Gasteiger partial charge in [0.15, 0.2) is 0 Å². The van der Waals surface area contributed by atoms with Gasteiger partial charge in [0.05, 0.1) is 16.7 Å². The Labute approximate surface area is 150 Å². The summed E-state index contributed by atoms with van der Waals surface area (Å²) in [5, 5.41) is 0. The minimum atomic E-state index is -0.719. The van der Waals surface area contributed by atoms with Gasteiger partial charge in [0, 0.05) is 0 Å². The van der Waals surface area contributed by atoms with Gasteiger partial charge in [-0.05, 0) is 43.2 Å². The van der Waals surface area contributed by atoms with Crippen LogP contribution in [0.5, 0.6) is 0 Å². The summed E-state index contributed by atoms with van der Waals surface area (Å²) in [7, 11) is 0. The van der Waals surface area contributed by atoms with Crippen LogP contribution in [-0.2, 0) is 14.3 Å². The molecule has 1 aliphatic rings. The monoisotopic (exact) mass is 357 g/mol. The van der Waals surface area contributed by atoms with E-state index in [9.17, 15) is 19.2 Å². The molecule has 1 aromatic rings. The van der Waals surface area contributed by atoms with Crippen LogP contribution in [0.15, 0.2) is 42.5 Å².